The van der Waals surface area contributed by atoms with Gasteiger partial charge in [-0.3, -0.25) is 15.2 Å². The number of benzene rings is 2. The van der Waals surface area contributed by atoms with Crippen LogP contribution in [0, 0.1) is 10.8 Å². The lowest BCUT2D eigenvalue weighted by atomic mass is 9.86. The Morgan fingerprint density at radius 3 is 1.86 bits per heavy atom. The fraction of sp³-hybridized carbons (Fsp3) is 0.447. The molecule has 1 heterocycles. The standard InChI is InChI=1S/C38H52N6O7/c1-37(2,3)31(41-35(47)49-7)33(45)43-44(23-26-17-19-27(20-18-26)29-16-12-13-21-40-29)24-30(28(39)22-25-14-10-9-11-15-25)51-34(46)32(38(4,5)6)42-36(48)50-8/h9-21,28,30-32H,22-24,39H2,1-8H3,(H,41,47)(H,42,48)(H,43,45)/t28-,30-,31+,32+/m0/s1. The number of ether oxygens (including phenoxy) is 3. The van der Waals surface area contributed by atoms with Crippen LogP contribution in [-0.4, -0.2) is 79.0 Å². The van der Waals surface area contributed by atoms with Gasteiger partial charge in [-0.1, -0.05) is 102 Å². The van der Waals surface area contributed by atoms with Gasteiger partial charge in [-0.2, -0.15) is 0 Å². The summed E-state index contributed by atoms with van der Waals surface area (Å²) in [5.41, 5.74) is 11.8. The van der Waals surface area contributed by atoms with Gasteiger partial charge in [0.1, 0.15) is 18.2 Å². The molecule has 1 aromatic heterocycles. The van der Waals surface area contributed by atoms with Crippen LogP contribution in [0.4, 0.5) is 9.59 Å². The molecule has 0 spiro atoms. The van der Waals surface area contributed by atoms with Crippen LogP contribution < -0.4 is 21.8 Å². The number of hydrogen-bond acceptors (Lipinski definition) is 10. The van der Waals surface area contributed by atoms with Crippen molar-refractivity contribution >= 4 is 24.1 Å². The van der Waals surface area contributed by atoms with Crippen molar-refractivity contribution in [1.29, 1.82) is 0 Å². The number of carbonyl (C=O) groups is 4. The molecule has 0 aliphatic rings. The lowest BCUT2D eigenvalue weighted by molar-refractivity contribution is -0.157. The van der Waals surface area contributed by atoms with Crippen molar-refractivity contribution in [1.82, 2.24) is 26.1 Å². The minimum atomic E-state index is -1.08. The van der Waals surface area contributed by atoms with Crippen molar-refractivity contribution in [2.24, 2.45) is 16.6 Å². The zero-order valence-corrected chi connectivity index (χ0v) is 30.8. The quantitative estimate of drug-likeness (QED) is 0.105. The fourth-order valence-corrected chi connectivity index (χ4v) is 5.28. The van der Waals surface area contributed by atoms with Crippen LogP contribution >= 0.6 is 0 Å². The minimum Gasteiger partial charge on any atom is -0.458 e. The summed E-state index contributed by atoms with van der Waals surface area (Å²) in [6.07, 6.45) is -0.453. The van der Waals surface area contributed by atoms with E-state index in [0.717, 1.165) is 22.4 Å². The first kappa shape index (κ1) is 40.4. The number of carbonyl (C=O) groups excluding carboxylic acids is 4. The number of amides is 3. The number of hydrazine groups is 1. The number of methoxy groups -OCH3 is 2. The molecule has 13 nitrogen and oxygen atoms in total. The van der Waals surface area contributed by atoms with Crippen LogP contribution in [0.25, 0.3) is 11.3 Å². The number of alkyl carbamates (subject to hydrolysis) is 2. The van der Waals surface area contributed by atoms with Gasteiger partial charge in [-0.05, 0) is 40.5 Å². The second-order valence-corrected chi connectivity index (χ2v) is 14.5. The van der Waals surface area contributed by atoms with Crippen molar-refractivity contribution in [2.75, 3.05) is 20.8 Å². The highest BCUT2D eigenvalue weighted by molar-refractivity contribution is 5.86. The fourth-order valence-electron chi connectivity index (χ4n) is 5.28. The highest BCUT2D eigenvalue weighted by atomic mass is 16.6. The number of pyridine rings is 1. The molecular weight excluding hydrogens is 652 g/mol. The summed E-state index contributed by atoms with van der Waals surface area (Å²) in [6, 6.07) is 20.1. The van der Waals surface area contributed by atoms with Crippen molar-refractivity contribution in [3.8, 4) is 11.3 Å². The molecule has 276 valence electrons. The van der Waals surface area contributed by atoms with Gasteiger partial charge in [0, 0.05) is 24.3 Å². The van der Waals surface area contributed by atoms with Crippen LogP contribution in [0.5, 0.6) is 0 Å². The number of nitrogens with two attached hydrogens (primary N) is 1. The maximum Gasteiger partial charge on any atom is 0.407 e. The van der Waals surface area contributed by atoms with E-state index in [2.05, 4.69) is 21.0 Å². The Morgan fingerprint density at radius 1 is 0.765 bits per heavy atom. The predicted molar refractivity (Wildman–Crippen MR) is 194 cm³/mol. The van der Waals surface area contributed by atoms with Crippen molar-refractivity contribution in [3.63, 3.8) is 0 Å². The third kappa shape index (κ3) is 12.7. The molecule has 0 aliphatic heterocycles. The van der Waals surface area contributed by atoms with Gasteiger partial charge < -0.3 is 30.6 Å². The summed E-state index contributed by atoms with van der Waals surface area (Å²) in [5, 5.41) is 6.82. The van der Waals surface area contributed by atoms with E-state index in [1.54, 1.807) is 32.0 Å². The topological polar surface area (TPSA) is 174 Å². The molecule has 0 bridgehead atoms. The highest BCUT2D eigenvalue weighted by Gasteiger charge is 2.38. The Morgan fingerprint density at radius 2 is 1.33 bits per heavy atom. The van der Waals surface area contributed by atoms with Gasteiger partial charge in [0.2, 0.25) is 0 Å². The number of nitrogens with one attached hydrogen (secondary N) is 3. The highest BCUT2D eigenvalue weighted by Crippen LogP contribution is 2.24. The Bertz CT molecular complexity index is 1570. The number of aromatic nitrogens is 1. The van der Waals surface area contributed by atoms with E-state index in [1.807, 2.05) is 93.6 Å². The summed E-state index contributed by atoms with van der Waals surface area (Å²) in [7, 11) is 2.43. The van der Waals surface area contributed by atoms with Gasteiger partial charge in [-0.15, -0.1) is 0 Å². The normalized spacial score (nSPS) is 14.0. The Labute approximate surface area is 300 Å². The molecule has 13 heteroatoms. The number of esters is 1. The van der Waals surface area contributed by atoms with E-state index in [-0.39, 0.29) is 13.1 Å². The van der Waals surface area contributed by atoms with Gasteiger partial charge in [0.25, 0.3) is 5.91 Å². The van der Waals surface area contributed by atoms with Crippen LogP contribution in [0.2, 0.25) is 0 Å². The molecule has 0 saturated carbocycles. The van der Waals surface area contributed by atoms with E-state index in [1.165, 1.54) is 14.2 Å². The summed E-state index contributed by atoms with van der Waals surface area (Å²) in [5.74, 6) is -1.23. The lowest BCUT2D eigenvalue weighted by Gasteiger charge is -2.36. The summed E-state index contributed by atoms with van der Waals surface area (Å²) < 4.78 is 15.7. The van der Waals surface area contributed by atoms with Crippen LogP contribution in [0.1, 0.15) is 52.7 Å². The molecule has 0 saturated heterocycles. The number of hydrogen-bond donors (Lipinski definition) is 4. The average molecular weight is 705 g/mol. The van der Waals surface area contributed by atoms with E-state index in [4.69, 9.17) is 19.9 Å². The largest absolute Gasteiger partial charge is 0.458 e. The monoisotopic (exact) mass is 704 g/mol. The second-order valence-electron chi connectivity index (χ2n) is 14.5. The second kappa shape index (κ2) is 18.3. The smallest absolute Gasteiger partial charge is 0.407 e. The maximum absolute atomic E-state index is 13.9. The first-order valence-corrected chi connectivity index (χ1v) is 16.8. The third-order valence-electron chi connectivity index (χ3n) is 8.14. The van der Waals surface area contributed by atoms with Gasteiger partial charge in [-0.25, -0.2) is 19.4 Å². The maximum atomic E-state index is 13.9. The minimum absolute atomic E-state index is 0.0440. The van der Waals surface area contributed by atoms with E-state index < -0.39 is 59.1 Å². The molecule has 51 heavy (non-hydrogen) atoms. The zero-order chi connectivity index (χ0) is 37.8. The van der Waals surface area contributed by atoms with Gasteiger partial charge in [0.05, 0.1) is 26.5 Å². The molecule has 5 N–H and O–H groups in total. The molecule has 0 unspecified atom stereocenters. The first-order chi connectivity index (χ1) is 24.0. The molecule has 0 radical (unpaired) electrons. The molecule has 2 aromatic carbocycles. The predicted octanol–water partition coefficient (Wildman–Crippen LogP) is 4.61. The zero-order valence-electron chi connectivity index (χ0n) is 30.8. The van der Waals surface area contributed by atoms with Crippen LogP contribution in [0.3, 0.4) is 0 Å². The molecule has 4 atom stereocenters. The molecule has 3 aromatic rings. The molecule has 3 rings (SSSR count). The van der Waals surface area contributed by atoms with E-state index >= 15 is 0 Å². The van der Waals surface area contributed by atoms with Crippen molar-refractivity contribution in [3.05, 3.63) is 90.1 Å². The summed E-state index contributed by atoms with van der Waals surface area (Å²) in [4.78, 5) is 56.6. The van der Waals surface area contributed by atoms with E-state index in [9.17, 15) is 19.2 Å². The van der Waals surface area contributed by atoms with Gasteiger partial charge >= 0.3 is 18.2 Å². The number of rotatable bonds is 14. The van der Waals surface area contributed by atoms with Crippen LogP contribution in [-0.2, 0) is 36.8 Å². The summed E-state index contributed by atoms with van der Waals surface area (Å²) in [6.45, 7) is 10.9. The van der Waals surface area contributed by atoms with Crippen LogP contribution in [0.15, 0.2) is 79.0 Å². The number of nitrogens with zero attached hydrogens (tertiary/aromatic N) is 2. The Hall–Kier alpha value is -5.01. The summed E-state index contributed by atoms with van der Waals surface area (Å²) >= 11 is 0. The van der Waals surface area contributed by atoms with E-state index in [0.29, 0.717) is 6.42 Å². The Balaban J connectivity index is 2.01. The lowest BCUT2D eigenvalue weighted by Crippen LogP contribution is -2.59. The SMILES string of the molecule is COC(=O)N[C@H](C(=O)NN(Cc1ccc(-c2ccccn2)cc1)C[C@H](OC(=O)[C@@H](NC(=O)OC)C(C)(C)C)[C@@H](N)Cc1ccccc1)C(C)(C)C. The molecule has 0 fully saturated rings. The van der Waals surface area contributed by atoms with Crippen molar-refractivity contribution < 1.29 is 33.4 Å². The van der Waals surface area contributed by atoms with Gasteiger partial charge in [0.15, 0.2) is 0 Å². The average Bonchev–Trinajstić information content (AvgIpc) is 3.08. The van der Waals surface area contributed by atoms with Crippen molar-refractivity contribution in [2.45, 2.75) is 78.7 Å². The third-order valence-corrected chi connectivity index (χ3v) is 8.14. The first-order valence-electron chi connectivity index (χ1n) is 16.8. The molecule has 3 amide bonds. The molecular formula is C38H52N6O7. The Kier molecular flexibility index (Phi) is 14.5. The molecule has 0 aliphatic carbocycles.